The lowest BCUT2D eigenvalue weighted by molar-refractivity contribution is -0.139. The van der Waals surface area contributed by atoms with E-state index in [1.807, 2.05) is 0 Å². The zero-order chi connectivity index (χ0) is 18.3. The number of carbonyl (C=O) groups is 1. The fraction of sp³-hybridized carbons (Fsp3) is 0.350. The SMILES string of the molecule is Cc1ccc(CCCCCSc2ccc(C=O)cc2C(F)(F)F)cc1. The minimum absolute atomic E-state index is 0.0507. The third-order valence-electron chi connectivity index (χ3n) is 3.93. The molecule has 0 atom stereocenters. The average Bonchev–Trinajstić information content (AvgIpc) is 2.58. The van der Waals surface area contributed by atoms with Crippen LogP contribution in [0.25, 0.3) is 0 Å². The van der Waals surface area contributed by atoms with E-state index in [4.69, 9.17) is 0 Å². The molecule has 0 aliphatic rings. The highest BCUT2D eigenvalue weighted by Crippen LogP contribution is 2.37. The first kappa shape index (κ1) is 19.6. The molecule has 134 valence electrons. The quantitative estimate of drug-likeness (QED) is 0.308. The molecule has 2 aromatic carbocycles. The van der Waals surface area contributed by atoms with E-state index in [9.17, 15) is 18.0 Å². The molecule has 0 aliphatic heterocycles. The molecule has 0 aliphatic carbocycles. The molecule has 2 rings (SSSR count). The third-order valence-corrected chi connectivity index (χ3v) is 5.09. The van der Waals surface area contributed by atoms with Crippen LogP contribution in [0.15, 0.2) is 47.4 Å². The van der Waals surface area contributed by atoms with Crippen LogP contribution >= 0.6 is 11.8 Å². The van der Waals surface area contributed by atoms with Gasteiger partial charge in [0.2, 0.25) is 0 Å². The molecular formula is C20H21F3OS. The Morgan fingerprint density at radius 3 is 2.36 bits per heavy atom. The highest BCUT2D eigenvalue weighted by atomic mass is 32.2. The van der Waals surface area contributed by atoms with Crippen molar-refractivity contribution in [2.24, 2.45) is 0 Å². The Bertz CT molecular complexity index is 693. The fourth-order valence-corrected chi connectivity index (χ4v) is 3.58. The first-order chi connectivity index (χ1) is 11.9. The number of rotatable bonds is 8. The zero-order valence-corrected chi connectivity index (χ0v) is 14.9. The lowest BCUT2D eigenvalue weighted by atomic mass is 10.1. The van der Waals surface area contributed by atoms with E-state index >= 15 is 0 Å². The van der Waals surface area contributed by atoms with Crippen LogP contribution in [0.5, 0.6) is 0 Å². The van der Waals surface area contributed by atoms with Gasteiger partial charge in [0.05, 0.1) is 5.56 Å². The average molecular weight is 366 g/mol. The third kappa shape index (κ3) is 6.24. The molecule has 0 saturated heterocycles. The van der Waals surface area contributed by atoms with Gasteiger partial charge in [-0.3, -0.25) is 4.79 Å². The summed E-state index contributed by atoms with van der Waals surface area (Å²) in [5, 5.41) is 0. The van der Waals surface area contributed by atoms with E-state index < -0.39 is 11.7 Å². The molecule has 0 amide bonds. The van der Waals surface area contributed by atoms with Crippen molar-refractivity contribution >= 4 is 18.0 Å². The van der Waals surface area contributed by atoms with E-state index in [2.05, 4.69) is 31.2 Å². The van der Waals surface area contributed by atoms with Crippen LogP contribution in [-0.2, 0) is 12.6 Å². The van der Waals surface area contributed by atoms with Gasteiger partial charge in [0, 0.05) is 10.5 Å². The second-order valence-corrected chi connectivity index (χ2v) is 7.15. The van der Waals surface area contributed by atoms with Crippen molar-refractivity contribution in [2.45, 2.75) is 43.7 Å². The molecule has 0 heterocycles. The van der Waals surface area contributed by atoms with Gasteiger partial charge in [0.25, 0.3) is 0 Å². The van der Waals surface area contributed by atoms with E-state index in [1.165, 1.54) is 35.0 Å². The van der Waals surface area contributed by atoms with Crippen LogP contribution < -0.4 is 0 Å². The van der Waals surface area contributed by atoms with Gasteiger partial charge < -0.3 is 0 Å². The Morgan fingerprint density at radius 2 is 1.72 bits per heavy atom. The van der Waals surface area contributed by atoms with Crippen LogP contribution in [0, 0.1) is 6.92 Å². The monoisotopic (exact) mass is 366 g/mol. The molecule has 0 bridgehead atoms. The molecule has 0 radical (unpaired) electrons. The fourth-order valence-electron chi connectivity index (χ4n) is 2.51. The second-order valence-electron chi connectivity index (χ2n) is 6.02. The van der Waals surface area contributed by atoms with Gasteiger partial charge >= 0.3 is 6.18 Å². The molecular weight excluding hydrogens is 345 g/mol. The molecule has 1 nitrogen and oxygen atoms in total. The highest BCUT2D eigenvalue weighted by molar-refractivity contribution is 7.99. The van der Waals surface area contributed by atoms with Crippen molar-refractivity contribution in [3.05, 3.63) is 64.7 Å². The Balaban J connectivity index is 1.79. The number of thioether (sulfide) groups is 1. The standard InChI is InChI=1S/C20H21F3OS/c1-15-6-8-16(9-7-15)5-3-2-4-12-25-19-11-10-17(14-24)13-18(19)20(21,22)23/h6-11,13-14H,2-5,12H2,1H3. The molecule has 5 heteroatoms. The van der Waals surface area contributed by atoms with Gasteiger partial charge in [-0.05, 0) is 49.6 Å². The number of hydrogen-bond donors (Lipinski definition) is 0. The maximum Gasteiger partial charge on any atom is 0.417 e. The number of unbranched alkanes of at least 4 members (excludes halogenated alkanes) is 2. The summed E-state index contributed by atoms with van der Waals surface area (Å²) in [5.74, 6) is 0.636. The van der Waals surface area contributed by atoms with E-state index in [0.29, 0.717) is 12.0 Å². The van der Waals surface area contributed by atoms with E-state index in [-0.39, 0.29) is 10.5 Å². The molecule has 0 N–H and O–H groups in total. The first-order valence-corrected chi connectivity index (χ1v) is 9.23. The summed E-state index contributed by atoms with van der Waals surface area (Å²) in [6.45, 7) is 2.05. The summed E-state index contributed by atoms with van der Waals surface area (Å²) in [6, 6.07) is 12.2. The predicted octanol–water partition coefficient (Wildman–Crippen LogP) is 6.33. The van der Waals surface area contributed by atoms with Crippen molar-refractivity contribution in [3.63, 3.8) is 0 Å². The molecule has 25 heavy (non-hydrogen) atoms. The predicted molar refractivity (Wildman–Crippen MR) is 96.3 cm³/mol. The minimum Gasteiger partial charge on any atom is -0.298 e. The van der Waals surface area contributed by atoms with Crippen molar-refractivity contribution < 1.29 is 18.0 Å². The second kappa shape index (κ2) is 9.09. The molecule has 0 saturated carbocycles. The lowest BCUT2D eigenvalue weighted by Crippen LogP contribution is -2.07. The molecule has 0 unspecified atom stereocenters. The number of aryl methyl sites for hydroxylation is 2. The largest absolute Gasteiger partial charge is 0.417 e. The zero-order valence-electron chi connectivity index (χ0n) is 14.1. The number of hydrogen-bond acceptors (Lipinski definition) is 2. The number of benzene rings is 2. The Hall–Kier alpha value is -1.75. The minimum atomic E-state index is -4.44. The molecule has 0 aromatic heterocycles. The Kier molecular flexibility index (Phi) is 7.12. The molecule has 0 fully saturated rings. The van der Waals surface area contributed by atoms with Gasteiger partial charge in [-0.2, -0.15) is 13.2 Å². The number of halogens is 3. The van der Waals surface area contributed by atoms with Crippen molar-refractivity contribution in [3.8, 4) is 0 Å². The summed E-state index contributed by atoms with van der Waals surface area (Å²) in [6.07, 6.45) is -0.133. The Morgan fingerprint density at radius 1 is 1.00 bits per heavy atom. The number of alkyl halides is 3. The van der Waals surface area contributed by atoms with E-state index in [0.717, 1.165) is 31.7 Å². The van der Waals surface area contributed by atoms with Crippen molar-refractivity contribution in [1.29, 1.82) is 0 Å². The van der Waals surface area contributed by atoms with Gasteiger partial charge in [-0.1, -0.05) is 42.3 Å². The van der Waals surface area contributed by atoms with E-state index in [1.54, 1.807) is 0 Å². The van der Waals surface area contributed by atoms with Crippen LogP contribution in [0.3, 0.4) is 0 Å². The van der Waals surface area contributed by atoms with Crippen LogP contribution in [0.1, 0.15) is 46.3 Å². The summed E-state index contributed by atoms with van der Waals surface area (Å²) < 4.78 is 39.2. The van der Waals surface area contributed by atoms with Crippen molar-refractivity contribution in [1.82, 2.24) is 0 Å². The Labute approximate surface area is 150 Å². The first-order valence-electron chi connectivity index (χ1n) is 8.25. The molecule has 0 spiro atoms. The maximum atomic E-state index is 13.1. The van der Waals surface area contributed by atoms with Gasteiger partial charge in [-0.15, -0.1) is 11.8 Å². The van der Waals surface area contributed by atoms with Gasteiger partial charge in [0.1, 0.15) is 6.29 Å². The summed E-state index contributed by atoms with van der Waals surface area (Å²) in [4.78, 5) is 10.9. The van der Waals surface area contributed by atoms with Gasteiger partial charge in [-0.25, -0.2) is 0 Å². The van der Waals surface area contributed by atoms with Gasteiger partial charge in [0.15, 0.2) is 0 Å². The topological polar surface area (TPSA) is 17.1 Å². The highest BCUT2D eigenvalue weighted by Gasteiger charge is 2.33. The summed E-state index contributed by atoms with van der Waals surface area (Å²) in [5.41, 5.74) is 1.86. The smallest absolute Gasteiger partial charge is 0.298 e. The normalized spacial score (nSPS) is 11.5. The maximum absolute atomic E-state index is 13.1. The van der Waals surface area contributed by atoms with Crippen LogP contribution in [0.4, 0.5) is 13.2 Å². The summed E-state index contributed by atoms with van der Waals surface area (Å²) >= 11 is 1.21. The van der Waals surface area contributed by atoms with Crippen LogP contribution in [-0.4, -0.2) is 12.0 Å². The van der Waals surface area contributed by atoms with Crippen molar-refractivity contribution in [2.75, 3.05) is 5.75 Å². The number of carbonyl (C=O) groups excluding carboxylic acids is 1. The summed E-state index contributed by atoms with van der Waals surface area (Å²) in [7, 11) is 0. The number of aldehydes is 1. The van der Waals surface area contributed by atoms with Crippen LogP contribution in [0.2, 0.25) is 0 Å². The lowest BCUT2D eigenvalue weighted by Gasteiger charge is -2.13. The molecule has 2 aromatic rings.